The zero-order valence-corrected chi connectivity index (χ0v) is 28.4. The van der Waals surface area contributed by atoms with E-state index in [1.165, 1.54) is 77.1 Å². The molecule has 2 heterocycles. The number of benzene rings is 7. The lowest BCUT2D eigenvalue weighted by Gasteiger charge is -2.24. The van der Waals surface area contributed by atoms with Crippen molar-refractivity contribution < 1.29 is 0 Å². The molecule has 0 bridgehead atoms. The summed E-state index contributed by atoms with van der Waals surface area (Å²) in [6.07, 6.45) is 7.17. The van der Waals surface area contributed by atoms with E-state index in [0.29, 0.717) is 11.8 Å². The van der Waals surface area contributed by atoms with Crippen LogP contribution in [0.4, 0.5) is 0 Å². The summed E-state index contributed by atoms with van der Waals surface area (Å²) in [5, 5.41) is 5.10. The van der Waals surface area contributed by atoms with E-state index in [4.69, 9.17) is 0 Å². The van der Waals surface area contributed by atoms with Crippen LogP contribution in [0.25, 0.3) is 77.2 Å². The molecule has 9 aromatic rings. The van der Waals surface area contributed by atoms with Crippen LogP contribution in [0.5, 0.6) is 0 Å². The number of para-hydroxylation sites is 2. The number of rotatable bonds is 5. The van der Waals surface area contributed by atoms with E-state index < -0.39 is 0 Å². The maximum absolute atomic E-state index is 2.47. The molecule has 0 N–H and O–H groups in total. The number of allylic oxidation sites excluding steroid dienone is 4. The molecule has 1 aliphatic carbocycles. The molecular weight excluding hydrogens is 617 g/mol. The molecule has 0 spiro atoms. The molecule has 2 aromatic heterocycles. The van der Waals surface area contributed by atoms with Crippen molar-refractivity contribution in [3.05, 3.63) is 194 Å². The molecule has 2 nitrogen and oxygen atoms in total. The van der Waals surface area contributed by atoms with Crippen LogP contribution in [0.1, 0.15) is 18.4 Å². The monoisotopic (exact) mass is 652 g/mol. The van der Waals surface area contributed by atoms with E-state index in [1.807, 2.05) is 0 Å². The quantitative estimate of drug-likeness (QED) is 0.175. The molecule has 0 saturated carbocycles. The van der Waals surface area contributed by atoms with Crippen LogP contribution in [0.3, 0.4) is 0 Å². The van der Waals surface area contributed by atoms with Crippen molar-refractivity contribution in [2.24, 2.45) is 5.92 Å². The Morgan fingerprint density at radius 3 is 1.57 bits per heavy atom. The van der Waals surface area contributed by atoms with E-state index in [9.17, 15) is 0 Å². The topological polar surface area (TPSA) is 9.86 Å². The van der Waals surface area contributed by atoms with Gasteiger partial charge < -0.3 is 9.13 Å². The summed E-state index contributed by atoms with van der Waals surface area (Å²) in [7, 11) is 0. The number of fused-ring (bicyclic) bond motifs is 6. The van der Waals surface area contributed by atoms with Crippen LogP contribution in [0.15, 0.2) is 188 Å². The van der Waals surface area contributed by atoms with Crippen molar-refractivity contribution in [3.63, 3.8) is 0 Å². The van der Waals surface area contributed by atoms with Gasteiger partial charge in [0.25, 0.3) is 0 Å². The molecule has 1 aliphatic rings. The molecule has 2 unspecified atom stereocenters. The molecule has 0 amide bonds. The Labute approximate surface area is 297 Å². The van der Waals surface area contributed by atoms with Crippen molar-refractivity contribution in [3.8, 4) is 27.9 Å². The predicted octanol–water partition coefficient (Wildman–Crippen LogP) is 13.1. The van der Waals surface area contributed by atoms with Gasteiger partial charge in [-0.2, -0.15) is 0 Å². The second-order valence-corrected chi connectivity index (χ2v) is 13.8. The van der Waals surface area contributed by atoms with E-state index in [-0.39, 0.29) is 0 Å². The SMILES string of the molecule is CC1C=C(n2c3ccccc3c3c(-c4cccc5c4c4ccccc4n5-c4ccc(-c5ccccc5)cc4)cccc32)C=CC1c1ccccc1. The summed E-state index contributed by atoms with van der Waals surface area (Å²) in [4.78, 5) is 0. The van der Waals surface area contributed by atoms with Gasteiger partial charge in [-0.1, -0.05) is 153 Å². The van der Waals surface area contributed by atoms with E-state index >= 15 is 0 Å². The van der Waals surface area contributed by atoms with Crippen molar-refractivity contribution in [2.45, 2.75) is 12.8 Å². The molecule has 0 aliphatic heterocycles. The van der Waals surface area contributed by atoms with Crippen molar-refractivity contribution in [1.82, 2.24) is 9.13 Å². The first-order chi connectivity index (χ1) is 25.2. The van der Waals surface area contributed by atoms with Crippen LogP contribution in [0.2, 0.25) is 0 Å². The molecule has 2 atom stereocenters. The van der Waals surface area contributed by atoms with E-state index in [1.54, 1.807) is 0 Å². The van der Waals surface area contributed by atoms with Gasteiger partial charge in [0.15, 0.2) is 0 Å². The molecule has 10 rings (SSSR count). The first kappa shape index (κ1) is 29.5. The summed E-state index contributed by atoms with van der Waals surface area (Å²) >= 11 is 0. The molecule has 0 fully saturated rings. The summed E-state index contributed by atoms with van der Waals surface area (Å²) in [6.45, 7) is 2.34. The van der Waals surface area contributed by atoms with Crippen LogP contribution in [-0.2, 0) is 0 Å². The Balaban J connectivity index is 1.17. The van der Waals surface area contributed by atoms with Crippen LogP contribution in [-0.4, -0.2) is 9.13 Å². The summed E-state index contributed by atoms with van der Waals surface area (Å²) in [6, 6.07) is 61.8. The fourth-order valence-electron chi connectivity index (χ4n) is 8.52. The molecular formula is C49H36N2. The van der Waals surface area contributed by atoms with Gasteiger partial charge in [-0.3, -0.25) is 0 Å². The van der Waals surface area contributed by atoms with Crippen molar-refractivity contribution in [1.29, 1.82) is 0 Å². The normalized spacial score (nSPS) is 16.0. The second-order valence-electron chi connectivity index (χ2n) is 13.8. The molecule has 0 radical (unpaired) electrons. The standard InChI is InChI=1S/C49H36N2/c1-33-32-38(30-31-39(33)36-16-6-3-7-17-36)51-45-23-11-9-19-43(45)49-41(21-13-25-47(49)51)40-20-12-24-46-48(40)42-18-8-10-22-44(42)50(46)37-28-26-35(27-29-37)34-14-4-2-5-15-34/h2-33,39H,1H3. The maximum Gasteiger partial charge on any atom is 0.0547 e. The number of aromatic nitrogens is 2. The average molecular weight is 653 g/mol. The van der Waals surface area contributed by atoms with Crippen molar-refractivity contribution in [2.75, 3.05) is 0 Å². The Morgan fingerprint density at radius 1 is 0.431 bits per heavy atom. The minimum atomic E-state index is 0.364. The minimum absolute atomic E-state index is 0.364. The average Bonchev–Trinajstić information content (AvgIpc) is 3.72. The summed E-state index contributed by atoms with van der Waals surface area (Å²) in [5.41, 5.74) is 13.6. The number of hydrogen-bond acceptors (Lipinski definition) is 0. The second kappa shape index (κ2) is 11.9. The van der Waals surface area contributed by atoms with Gasteiger partial charge in [0.1, 0.15) is 0 Å². The smallest absolute Gasteiger partial charge is 0.0547 e. The van der Waals surface area contributed by atoms with Gasteiger partial charge >= 0.3 is 0 Å². The molecule has 0 saturated heterocycles. The van der Waals surface area contributed by atoms with Crippen molar-refractivity contribution >= 4 is 49.3 Å². The number of nitrogens with zero attached hydrogens (tertiary/aromatic N) is 2. The Kier molecular flexibility index (Phi) is 6.89. The molecule has 51 heavy (non-hydrogen) atoms. The predicted molar refractivity (Wildman–Crippen MR) is 216 cm³/mol. The largest absolute Gasteiger partial charge is 0.310 e. The highest BCUT2D eigenvalue weighted by Crippen LogP contribution is 2.45. The fourth-order valence-corrected chi connectivity index (χ4v) is 8.52. The van der Waals surface area contributed by atoms with Crippen LogP contribution >= 0.6 is 0 Å². The van der Waals surface area contributed by atoms with E-state index in [0.717, 1.165) is 5.69 Å². The Morgan fingerprint density at radius 2 is 0.941 bits per heavy atom. The third kappa shape index (κ3) is 4.71. The molecule has 2 heteroatoms. The lowest BCUT2D eigenvalue weighted by molar-refractivity contribution is 0.635. The van der Waals surface area contributed by atoms with Gasteiger partial charge in [0, 0.05) is 38.8 Å². The van der Waals surface area contributed by atoms with Crippen LogP contribution in [0, 0.1) is 5.92 Å². The van der Waals surface area contributed by atoms with Gasteiger partial charge in [-0.05, 0) is 76.2 Å². The highest BCUT2D eigenvalue weighted by Gasteiger charge is 2.24. The Hall–Kier alpha value is -6.38. The third-order valence-corrected chi connectivity index (χ3v) is 10.8. The first-order valence-electron chi connectivity index (χ1n) is 17.9. The Bertz CT molecular complexity index is 2790. The lowest BCUT2D eigenvalue weighted by atomic mass is 9.83. The van der Waals surface area contributed by atoms with Gasteiger partial charge in [-0.15, -0.1) is 0 Å². The fraction of sp³-hybridized carbons (Fsp3) is 0.0612. The zero-order chi connectivity index (χ0) is 33.9. The van der Waals surface area contributed by atoms with Gasteiger partial charge in [-0.25, -0.2) is 0 Å². The van der Waals surface area contributed by atoms with Crippen LogP contribution < -0.4 is 0 Å². The van der Waals surface area contributed by atoms with Gasteiger partial charge in [0.2, 0.25) is 0 Å². The maximum atomic E-state index is 2.47. The summed E-state index contributed by atoms with van der Waals surface area (Å²) < 4.78 is 4.90. The highest BCUT2D eigenvalue weighted by molar-refractivity contribution is 6.22. The highest BCUT2D eigenvalue weighted by atomic mass is 15.0. The van der Waals surface area contributed by atoms with Gasteiger partial charge in [0.05, 0.1) is 22.1 Å². The number of hydrogen-bond donors (Lipinski definition) is 0. The first-order valence-corrected chi connectivity index (χ1v) is 17.9. The molecule has 242 valence electrons. The molecule has 7 aromatic carbocycles. The summed E-state index contributed by atoms with van der Waals surface area (Å²) in [5.74, 6) is 0.733. The third-order valence-electron chi connectivity index (χ3n) is 10.8. The van der Waals surface area contributed by atoms with E-state index in [2.05, 4.69) is 204 Å². The zero-order valence-electron chi connectivity index (χ0n) is 28.4. The minimum Gasteiger partial charge on any atom is -0.310 e. The lowest BCUT2D eigenvalue weighted by Crippen LogP contribution is -2.11.